The molecular formula is C25H33F3O. The van der Waals surface area contributed by atoms with Crippen LogP contribution in [0.25, 0.3) is 11.1 Å². The third-order valence-corrected chi connectivity index (χ3v) is 5.85. The molecule has 29 heavy (non-hydrogen) atoms. The molecule has 1 atom stereocenters. The minimum absolute atomic E-state index is 0.0638. The van der Waals surface area contributed by atoms with Crippen molar-refractivity contribution >= 4 is 0 Å². The van der Waals surface area contributed by atoms with Crippen LogP contribution in [-0.4, -0.2) is 12.7 Å². The lowest BCUT2D eigenvalue weighted by molar-refractivity contribution is -0.00449. The molecule has 0 saturated heterocycles. The van der Waals surface area contributed by atoms with Crippen LogP contribution in [0.4, 0.5) is 13.2 Å². The first kappa shape index (κ1) is 23.5. The van der Waals surface area contributed by atoms with Crippen LogP contribution in [0.3, 0.4) is 0 Å². The van der Waals surface area contributed by atoms with Gasteiger partial charge in [-0.3, -0.25) is 0 Å². The minimum Gasteiger partial charge on any atom is -0.378 e. The van der Waals surface area contributed by atoms with Crippen LogP contribution >= 0.6 is 0 Å². The molecule has 0 saturated carbocycles. The van der Waals surface area contributed by atoms with Crippen LogP contribution < -0.4 is 0 Å². The average Bonchev–Trinajstić information content (AvgIpc) is 2.70. The van der Waals surface area contributed by atoms with Gasteiger partial charge in [-0.25, -0.2) is 13.2 Å². The zero-order valence-corrected chi connectivity index (χ0v) is 18.0. The first-order chi connectivity index (χ1) is 13.8. The van der Waals surface area contributed by atoms with Gasteiger partial charge in [-0.15, -0.1) is 0 Å². The molecular weight excluding hydrogens is 373 g/mol. The predicted octanol–water partition coefficient (Wildman–Crippen LogP) is 8.03. The summed E-state index contributed by atoms with van der Waals surface area (Å²) in [6.07, 6.45) is 8.39. The molecule has 0 fully saturated rings. The summed E-state index contributed by atoms with van der Waals surface area (Å²) in [4.78, 5) is 0. The second kappa shape index (κ2) is 10.8. The number of benzene rings is 2. The molecule has 0 aliphatic heterocycles. The molecule has 160 valence electrons. The van der Waals surface area contributed by atoms with Crippen LogP contribution in [0.5, 0.6) is 0 Å². The van der Waals surface area contributed by atoms with Crippen molar-refractivity contribution in [2.24, 2.45) is 0 Å². The molecule has 1 unspecified atom stereocenters. The van der Waals surface area contributed by atoms with E-state index in [1.807, 2.05) is 12.1 Å². The van der Waals surface area contributed by atoms with E-state index in [1.165, 1.54) is 32.1 Å². The van der Waals surface area contributed by atoms with E-state index in [-0.39, 0.29) is 17.1 Å². The number of halogens is 3. The number of unbranched alkanes of at least 4 members (excludes halogenated alkanes) is 5. The monoisotopic (exact) mass is 406 g/mol. The van der Waals surface area contributed by atoms with Gasteiger partial charge in [0.05, 0.1) is 5.60 Å². The molecule has 0 aromatic heterocycles. The molecule has 0 heterocycles. The Hall–Kier alpha value is -1.81. The Bertz CT molecular complexity index is 768. The first-order valence-electron chi connectivity index (χ1n) is 10.6. The van der Waals surface area contributed by atoms with Crippen LogP contribution in [0.15, 0.2) is 36.4 Å². The van der Waals surface area contributed by atoms with Crippen LogP contribution in [0.1, 0.15) is 77.2 Å². The summed E-state index contributed by atoms with van der Waals surface area (Å²) in [5.41, 5.74) is 1.36. The summed E-state index contributed by atoms with van der Waals surface area (Å²) >= 11 is 0. The van der Waals surface area contributed by atoms with Crippen molar-refractivity contribution in [3.63, 3.8) is 0 Å². The molecule has 1 nitrogen and oxygen atoms in total. The largest absolute Gasteiger partial charge is 0.378 e. The van der Waals surface area contributed by atoms with Crippen LogP contribution in [0, 0.1) is 17.5 Å². The fraction of sp³-hybridized carbons (Fsp3) is 0.520. The second-order valence-corrected chi connectivity index (χ2v) is 8.28. The number of ether oxygens (including phenoxy) is 1. The third kappa shape index (κ3) is 6.33. The highest BCUT2D eigenvalue weighted by molar-refractivity contribution is 5.64. The Labute approximate surface area is 173 Å². The highest BCUT2D eigenvalue weighted by Gasteiger charge is 2.30. The summed E-state index contributed by atoms with van der Waals surface area (Å²) in [5.74, 6) is -2.80. The van der Waals surface area contributed by atoms with Gasteiger partial charge in [0.1, 0.15) is 5.82 Å². The Kier molecular flexibility index (Phi) is 8.76. The Morgan fingerprint density at radius 2 is 1.41 bits per heavy atom. The molecule has 0 bridgehead atoms. The maximum absolute atomic E-state index is 14.1. The van der Waals surface area contributed by atoms with E-state index in [9.17, 15) is 13.2 Å². The Morgan fingerprint density at radius 1 is 0.828 bits per heavy atom. The summed E-state index contributed by atoms with van der Waals surface area (Å²) in [6.45, 7) is 6.38. The molecule has 2 aromatic rings. The lowest BCUT2D eigenvalue weighted by Gasteiger charge is -2.34. The zero-order valence-electron chi connectivity index (χ0n) is 18.0. The van der Waals surface area contributed by atoms with Gasteiger partial charge in [0.15, 0.2) is 11.6 Å². The minimum atomic E-state index is -1.18. The van der Waals surface area contributed by atoms with Crippen molar-refractivity contribution in [2.45, 2.75) is 77.2 Å². The van der Waals surface area contributed by atoms with Crippen molar-refractivity contribution < 1.29 is 17.9 Å². The summed E-state index contributed by atoms with van der Waals surface area (Å²) in [6, 6.07) is 8.92. The lowest BCUT2D eigenvalue weighted by atomic mass is 9.80. The number of hydrogen-bond donors (Lipinski definition) is 0. The smallest absolute Gasteiger partial charge is 0.161 e. The highest BCUT2D eigenvalue weighted by Crippen LogP contribution is 2.36. The zero-order chi connectivity index (χ0) is 21.4. The van der Waals surface area contributed by atoms with Crippen molar-refractivity contribution in [3.05, 3.63) is 59.4 Å². The van der Waals surface area contributed by atoms with Crippen molar-refractivity contribution in [1.29, 1.82) is 0 Å². The standard InChI is InChI=1S/C25H33F3O/c1-5-6-7-8-9-10-11-21(25(2,3)29-4)19-14-12-18(13-15-19)20-16-23(27)24(28)17-22(20)26/h12-17,21H,5-11H2,1-4H3. The molecule has 0 radical (unpaired) electrons. The lowest BCUT2D eigenvalue weighted by Crippen LogP contribution is -2.31. The van der Waals surface area contributed by atoms with E-state index in [4.69, 9.17) is 4.74 Å². The molecule has 4 heteroatoms. The molecule has 0 amide bonds. The van der Waals surface area contributed by atoms with E-state index in [0.29, 0.717) is 11.6 Å². The maximum atomic E-state index is 14.1. The van der Waals surface area contributed by atoms with Gasteiger partial charge in [0.2, 0.25) is 0 Å². The highest BCUT2D eigenvalue weighted by atomic mass is 19.2. The fourth-order valence-corrected chi connectivity index (χ4v) is 3.83. The van der Waals surface area contributed by atoms with Gasteiger partial charge in [-0.05, 0) is 37.5 Å². The quantitative estimate of drug-likeness (QED) is 0.271. The Morgan fingerprint density at radius 3 is 2.03 bits per heavy atom. The normalized spacial score (nSPS) is 12.9. The van der Waals surface area contributed by atoms with E-state index < -0.39 is 17.5 Å². The average molecular weight is 407 g/mol. The molecule has 2 aromatic carbocycles. The van der Waals surface area contributed by atoms with Gasteiger partial charge in [0.25, 0.3) is 0 Å². The van der Waals surface area contributed by atoms with E-state index in [0.717, 1.165) is 24.5 Å². The first-order valence-corrected chi connectivity index (χ1v) is 10.6. The van der Waals surface area contributed by atoms with Gasteiger partial charge in [-0.1, -0.05) is 69.7 Å². The molecule has 0 N–H and O–H groups in total. The number of hydrogen-bond acceptors (Lipinski definition) is 1. The van der Waals surface area contributed by atoms with Crippen LogP contribution in [0.2, 0.25) is 0 Å². The van der Waals surface area contributed by atoms with E-state index in [1.54, 1.807) is 19.2 Å². The Balaban J connectivity index is 2.16. The van der Waals surface area contributed by atoms with Crippen LogP contribution in [-0.2, 0) is 4.74 Å². The van der Waals surface area contributed by atoms with Gasteiger partial charge < -0.3 is 4.74 Å². The van der Waals surface area contributed by atoms with E-state index in [2.05, 4.69) is 20.8 Å². The number of methoxy groups -OCH3 is 1. The van der Waals surface area contributed by atoms with Crippen molar-refractivity contribution in [1.82, 2.24) is 0 Å². The predicted molar refractivity (Wildman–Crippen MR) is 114 cm³/mol. The fourth-order valence-electron chi connectivity index (χ4n) is 3.83. The van der Waals surface area contributed by atoms with Gasteiger partial charge in [-0.2, -0.15) is 0 Å². The van der Waals surface area contributed by atoms with Crippen molar-refractivity contribution in [2.75, 3.05) is 7.11 Å². The maximum Gasteiger partial charge on any atom is 0.161 e. The SMILES string of the molecule is CCCCCCCCC(c1ccc(-c2cc(F)c(F)cc2F)cc1)C(C)(C)OC. The molecule has 0 spiro atoms. The molecule has 0 aliphatic carbocycles. The summed E-state index contributed by atoms with van der Waals surface area (Å²) in [7, 11) is 1.72. The van der Waals surface area contributed by atoms with Gasteiger partial charge in [0, 0.05) is 24.7 Å². The van der Waals surface area contributed by atoms with Gasteiger partial charge >= 0.3 is 0 Å². The number of rotatable bonds is 11. The topological polar surface area (TPSA) is 9.23 Å². The van der Waals surface area contributed by atoms with E-state index >= 15 is 0 Å². The molecule has 0 aliphatic rings. The summed E-state index contributed by atoms with van der Waals surface area (Å²) < 4.78 is 46.6. The van der Waals surface area contributed by atoms with Crippen molar-refractivity contribution in [3.8, 4) is 11.1 Å². The third-order valence-electron chi connectivity index (χ3n) is 5.85. The second-order valence-electron chi connectivity index (χ2n) is 8.28. The molecule has 2 rings (SSSR count). The summed E-state index contributed by atoms with van der Waals surface area (Å²) in [5, 5.41) is 0.